The van der Waals surface area contributed by atoms with Gasteiger partial charge in [-0.1, -0.05) is 0 Å². The summed E-state index contributed by atoms with van der Waals surface area (Å²) in [5.74, 6) is -0.605. The second kappa shape index (κ2) is 5.72. The van der Waals surface area contributed by atoms with Gasteiger partial charge in [0, 0.05) is 23.7 Å². The van der Waals surface area contributed by atoms with E-state index >= 15 is 0 Å². The third-order valence-corrected chi connectivity index (χ3v) is 3.56. The van der Waals surface area contributed by atoms with Crippen LogP contribution in [-0.4, -0.2) is 17.9 Å². The quantitative estimate of drug-likeness (QED) is 0.673. The topological polar surface area (TPSA) is 66.0 Å². The normalized spacial score (nSPS) is 11.4. The lowest BCUT2D eigenvalue weighted by atomic mass is 10.0. The highest BCUT2D eigenvalue weighted by atomic mass is 32.1. The fourth-order valence-corrected chi connectivity index (χ4v) is 2.44. The van der Waals surface area contributed by atoms with Gasteiger partial charge in [-0.05, 0) is 18.2 Å². The summed E-state index contributed by atoms with van der Waals surface area (Å²) < 4.78 is 38.6. The van der Waals surface area contributed by atoms with Crippen LogP contribution in [0, 0.1) is 5.41 Å². The maximum Gasteiger partial charge on any atom is 0.417 e. The van der Waals surface area contributed by atoms with Crippen LogP contribution in [0.4, 0.5) is 18.9 Å². The zero-order valence-corrected chi connectivity index (χ0v) is 11.9. The molecule has 0 aliphatic carbocycles. The van der Waals surface area contributed by atoms with Gasteiger partial charge in [0.15, 0.2) is 0 Å². The highest BCUT2D eigenvalue weighted by molar-refractivity contribution is 7.07. The Bertz CT molecular complexity index is 637. The van der Waals surface area contributed by atoms with E-state index in [1.807, 2.05) is 5.38 Å². The molecule has 2 rings (SSSR count). The van der Waals surface area contributed by atoms with Gasteiger partial charge in [0.25, 0.3) is 0 Å². The summed E-state index contributed by atoms with van der Waals surface area (Å²) in [6.45, 7) is 0.464. The molecule has 1 heterocycles. The number of amidine groups is 1. The molecular formula is C13H13F3N4S. The Labute approximate surface area is 123 Å². The van der Waals surface area contributed by atoms with Crippen LogP contribution in [0.5, 0.6) is 0 Å². The number of benzene rings is 1. The monoisotopic (exact) mass is 314 g/mol. The van der Waals surface area contributed by atoms with E-state index in [1.54, 1.807) is 17.5 Å². The average molecular weight is 314 g/mol. The molecule has 0 saturated heterocycles. The van der Waals surface area contributed by atoms with E-state index in [1.165, 1.54) is 23.5 Å². The summed E-state index contributed by atoms with van der Waals surface area (Å²) in [7, 11) is 1.74. The zero-order valence-electron chi connectivity index (χ0n) is 11.1. The van der Waals surface area contributed by atoms with Crippen molar-refractivity contribution in [2.75, 3.05) is 11.9 Å². The first-order valence-electron chi connectivity index (χ1n) is 5.93. The number of alkyl halides is 3. The number of nitrogens with two attached hydrogens (primary N) is 1. The summed E-state index contributed by atoms with van der Waals surface area (Å²) in [5, 5.41) is 9.21. The highest BCUT2D eigenvalue weighted by Gasteiger charge is 2.34. The molecule has 0 unspecified atom stereocenters. The Morgan fingerprint density at radius 2 is 2.14 bits per heavy atom. The van der Waals surface area contributed by atoms with Gasteiger partial charge in [0.05, 0.1) is 23.3 Å². The number of nitrogens with zero attached hydrogens (tertiary/aromatic N) is 2. The fraction of sp³-hybridized carbons (Fsp3) is 0.231. The van der Waals surface area contributed by atoms with Crippen molar-refractivity contribution in [2.24, 2.45) is 5.73 Å². The molecule has 0 atom stereocenters. The zero-order chi connectivity index (χ0) is 15.6. The Kier molecular flexibility index (Phi) is 4.17. The van der Waals surface area contributed by atoms with E-state index in [0.29, 0.717) is 12.2 Å². The average Bonchev–Trinajstić information content (AvgIpc) is 2.89. The van der Waals surface area contributed by atoms with Gasteiger partial charge in [0.1, 0.15) is 5.84 Å². The molecular weight excluding hydrogens is 301 g/mol. The van der Waals surface area contributed by atoms with Crippen LogP contribution in [0.25, 0.3) is 0 Å². The van der Waals surface area contributed by atoms with E-state index in [2.05, 4.69) is 4.98 Å². The van der Waals surface area contributed by atoms with E-state index < -0.39 is 17.6 Å². The predicted molar refractivity (Wildman–Crippen MR) is 76.7 cm³/mol. The maximum atomic E-state index is 12.9. The van der Waals surface area contributed by atoms with Crippen molar-refractivity contribution in [2.45, 2.75) is 12.7 Å². The van der Waals surface area contributed by atoms with Crippen LogP contribution in [-0.2, 0) is 12.7 Å². The summed E-state index contributed by atoms with van der Waals surface area (Å²) in [4.78, 5) is 5.88. The number of anilines is 1. The molecule has 1 aromatic heterocycles. The second-order valence-corrected chi connectivity index (χ2v) is 5.20. The third-order valence-electron chi connectivity index (χ3n) is 2.92. The van der Waals surface area contributed by atoms with Crippen molar-refractivity contribution in [1.29, 1.82) is 5.41 Å². The number of nitrogen functional groups attached to an aromatic ring is 1. The minimum Gasteiger partial charge on any atom is -0.384 e. The van der Waals surface area contributed by atoms with Gasteiger partial charge < -0.3 is 10.6 Å². The van der Waals surface area contributed by atoms with Crippen molar-refractivity contribution in [3.63, 3.8) is 0 Å². The molecule has 4 nitrogen and oxygen atoms in total. The molecule has 0 spiro atoms. The number of thiazole rings is 1. The van der Waals surface area contributed by atoms with Gasteiger partial charge in [-0.3, -0.25) is 5.41 Å². The minimum atomic E-state index is -4.53. The molecule has 8 heteroatoms. The second-order valence-electron chi connectivity index (χ2n) is 4.48. The Morgan fingerprint density at radius 3 is 2.67 bits per heavy atom. The third kappa shape index (κ3) is 3.52. The number of hydrogen-bond acceptors (Lipinski definition) is 4. The molecule has 0 fully saturated rings. The first-order valence-corrected chi connectivity index (χ1v) is 6.87. The Balaban J connectivity index is 2.33. The minimum absolute atomic E-state index is 0.315. The molecule has 21 heavy (non-hydrogen) atoms. The van der Waals surface area contributed by atoms with Crippen molar-refractivity contribution in [3.8, 4) is 0 Å². The lowest BCUT2D eigenvalue weighted by Gasteiger charge is -2.21. The van der Waals surface area contributed by atoms with Gasteiger partial charge >= 0.3 is 6.18 Å². The van der Waals surface area contributed by atoms with Crippen LogP contribution in [0.1, 0.15) is 16.8 Å². The van der Waals surface area contributed by atoms with Crippen LogP contribution in [0.15, 0.2) is 29.1 Å². The Hall–Kier alpha value is -2.09. The molecule has 2 aromatic rings. The SMILES string of the molecule is CN(Cc1cscn1)c1ccc(C(F)(F)F)c(C(=N)N)c1. The first kappa shape index (κ1) is 15.3. The van der Waals surface area contributed by atoms with Crippen LogP contribution in [0.2, 0.25) is 0 Å². The number of aromatic nitrogens is 1. The van der Waals surface area contributed by atoms with Gasteiger partial charge in [-0.25, -0.2) is 4.98 Å². The molecule has 0 aliphatic heterocycles. The summed E-state index contributed by atoms with van der Waals surface area (Å²) >= 11 is 1.45. The summed E-state index contributed by atoms with van der Waals surface area (Å²) in [5.41, 5.74) is 7.11. The predicted octanol–water partition coefficient (Wildman–Crippen LogP) is 3.08. The van der Waals surface area contributed by atoms with Crippen molar-refractivity contribution >= 4 is 22.9 Å². The van der Waals surface area contributed by atoms with Crippen molar-refractivity contribution in [1.82, 2.24) is 4.98 Å². The molecule has 1 aromatic carbocycles. The molecule has 3 N–H and O–H groups in total. The maximum absolute atomic E-state index is 12.9. The highest BCUT2D eigenvalue weighted by Crippen LogP contribution is 2.33. The molecule has 112 valence electrons. The van der Waals surface area contributed by atoms with E-state index in [4.69, 9.17) is 11.1 Å². The van der Waals surface area contributed by atoms with Gasteiger partial charge in [-0.15, -0.1) is 11.3 Å². The van der Waals surface area contributed by atoms with E-state index in [-0.39, 0.29) is 5.56 Å². The van der Waals surface area contributed by atoms with Crippen LogP contribution >= 0.6 is 11.3 Å². The van der Waals surface area contributed by atoms with Crippen molar-refractivity contribution < 1.29 is 13.2 Å². The molecule has 0 saturated carbocycles. The van der Waals surface area contributed by atoms with Gasteiger partial charge in [-0.2, -0.15) is 13.2 Å². The number of nitrogens with one attached hydrogen (secondary N) is 1. The van der Waals surface area contributed by atoms with E-state index in [0.717, 1.165) is 11.8 Å². The number of halogens is 3. The standard InChI is InChI=1S/C13H13F3N4S/c1-20(5-8-6-21-7-19-8)9-2-3-11(13(14,15)16)10(4-9)12(17)18/h2-4,6-7H,5H2,1H3,(H3,17,18). The van der Waals surface area contributed by atoms with Crippen LogP contribution in [0.3, 0.4) is 0 Å². The van der Waals surface area contributed by atoms with Gasteiger partial charge in [0.2, 0.25) is 0 Å². The molecule has 0 aliphatic rings. The summed E-state index contributed by atoms with van der Waals surface area (Å²) in [6.07, 6.45) is -4.53. The van der Waals surface area contributed by atoms with Crippen molar-refractivity contribution in [3.05, 3.63) is 45.9 Å². The molecule has 0 bridgehead atoms. The smallest absolute Gasteiger partial charge is 0.384 e. The largest absolute Gasteiger partial charge is 0.417 e. The molecule has 0 radical (unpaired) electrons. The number of hydrogen-bond donors (Lipinski definition) is 2. The first-order chi connectivity index (χ1) is 9.79. The lowest BCUT2D eigenvalue weighted by molar-refractivity contribution is -0.137. The number of rotatable bonds is 4. The van der Waals surface area contributed by atoms with E-state index in [9.17, 15) is 13.2 Å². The lowest BCUT2D eigenvalue weighted by Crippen LogP contribution is -2.21. The fourth-order valence-electron chi connectivity index (χ4n) is 1.89. The summed E-state index contributed by atoms with van der Waals surface area (Å²) in [6, 6.07) is 3.59. The Morgan fingerprint density at radius 1 is 1.43 bits per heavy atom. The molecule has 0 amide bonds. The van der Waals surface area contributed by atoms with Crippen LogP contribution < -0.4 is 10.6 Å².